The molecule has 2 aromatic heterocycles. The van der Waals surface area contributed by atoms with Gasteiger partial charge in [-0.25, -0.2) is 23.9 Å². The summed E-state index contributed by atoms with van der Waals surface area (Å²) in [7, 11) is -4.34. The minimum absolute atomic E-state index is 0.0585. The normalized spacial score (nSPS) is 24.8. The number of halogens is 2. The second-order valence-corrected chi connectivity index (χ2v) is 12.1. The number of carbonyl (C=O) groups excluding carboxylic acids is 1. The summed E-state index contributed by atoms with van der Waals surface area (Å²) in [6.45, 7) is 6.18. The zero-order valence-electron chi connectivity index (χ0n) is 22.9. The van der Waals surface area contributed by atoms with Crippen molar-refractivity contribution in [2.75, 3.05) is 12.3 Å². The Balaban J connectivity index is 1.54. The fraction of sp³-hybridized carbons (Fsp3) is 0.520. The molecule has 6 atom stereocenters. The van der Waals surface area contributed by atoms with Crippen LogP contribution in [0.25, 0.3) is 11.2 Å². The Morgan fingerprint density at radius 1 is 1.29 bits per heavy atom. The van der Waals surface area contributed by atoms with E-state index in [4.69, 9.17) is 35.9 Å². The standard InChI is InChI=1S/C25H33ClFN6O7P/c1-5-6-16-7-9-17(10-8-16)40-41(36,32-15(4)23(35)38-14(2)3)37-11-18-20(34)25(26,27)24(39-18)33-13-31-19-21(28)29-12-30-22(19)33/h7-10,12-15,18,20,24,34H,5-6,11H2,1-4H3,(H,32,36)(H2,28,29,30). The molecule has 3 aromatic rings. The number of aliphatic hydroxyl groups excluding tert-OH is 1. The van der Waals surface area contributed by atoms with Gasteiger partial charge < -0.3 is 24.8 Å². The van der Waals surface area contributed by atoms with Gasteiger partial charge in [0, 0.05) is 0 Å². The van der Waals surface area contributed by atoms with Crippen LogP contribution in [0.15, 0.2) is 36.9 Å². The predicted molar refractivity (Wildman–Crippen MR) is 148 cm³/mol. The van der Waals surface area contributed by atoms with Gasteiger partial charge in [0.25, 0.3) is 5.13 Å². The van der Waals surface area contributed by atoms with E-state index in [1.54, 1.807) is 26.0 Å². The van der Waals surface area contributed by atoms with Crippen LogP contribution in [0.3, 0.4) is 0 Å². The summed E-state index contributed by atoms with van der Waals surface area (Å²) in [5.41, 5.74) is 7.17. The van der Waals surface area contributed by atoms with Crippen molar-refractivity contribution < 1.29 is 37.4 Å². The first-order valence-corrected chi connectivity index (χ1v) is 14.9. The monoisotopic (exact) mass is 614 g/mol. The number of benzene rings is 1. The summed E-state index contributed by atoms with van der Waals surface area (Å²) in [5.74, 6) is -0.446. The van der Waals surface area contributed by atoms with Gasteiger partial charge in [-0.05, 0) is 44.9 Å². The second-order valence-electron chi connectivity index (χ2n) is 9.84. The minimum Gasteiger partial charge on any atom is -0.462 e. The molecule has 0 radical (unpaired) electrons. The zero-order chi connectivity index (χ0) is 29.9. The number of carbonyl (C=O) groups is 1. The molecular weight excluding hydrogens is 582 g/mol. The first kappa shape index (κ1) is 31.1. The van der Waals surface area contributed by atoms with Crippen LogP contribution >= 0.6 is 19.3 Å². The summed E-state index contributed by atoms with van der Waals surface area (Å²) >= 11 is 6.11. The van der Waals surface area contributed by atoms with Crippen molar-refractivity contribution in [1.82, 2.24) is 24.6 Å². The molecular formula is C25H33ClFN6O7P. The number of hydrogen-bond donors (Lipinski definition) is 3. The Labute approximate surface area is 241 Å². The lowest BCUT2D eigenvalue weighted by atomic mass is 10.1. The molecule has 3 heterocycles. The van der Waals surface area contributed by atoms with Crippen LogP contribution < -0.4 is 15.3 Å². The first-order valence-electron chi connectivity index (χ1n) is 13.0. The molecule has 41 heavy (non-hydrogen) atoms. The van der Waals surface area contributed by atoms with Crippen molar-refractivity contribution in [3.63, 3.8) is 0 Å². The number of nitrogens with zero attached hydrogens (tertiary/aromatic N) is 4. The van der Waals surface area contributed by atoms with Gasteiger partial charge in [-0.3, -0.25) is 13.9 Å². The maximum absolute atomic E-state index is 15.7. The number of rotatable bonds is 12. The SMILES string of the molecule is CCCc1ccc(OP(=O)(NC(C)C(=O)OC(C)C)OCC2OC(n3cnc4c(N)ncnc43)C(F)(Cl)C2O)cc1. The van der Waals surface area contributed by atoms with Crippen molar-refractivity contribution in [3.8, 4) is 5.75 Å². The molecule has 0 spiro atoms. The third-order valence-electron chi connectivity index (χ3n) is 6.17. The number of nitrogens with two attached hydrogens (primary N) is 1. The number of hydrogen-bond acceptors (Lipinski definition) is 11. The highest BCUT2D eigenvalue weighted by Gasteiger charge is 2.58. The van der Waals surface area contributed by atoms with E-state index in [1.165, 1.54) is 17.8 Å². The number of ether oxygens (including phenoxy) is 2. The summed E-state index contributed by atoms with van der Waals surface area (Å²) in [5, 5.41) is 10.4. The summed E-state index contributed by atoms with van der Waals surface area (Å²) in [4.78, 5) is 24.4. The van der Waals surface area contributed by atoms with E-state index >= 15 is 4.39 Å². The molecule has 1 aromatic carbocycles. The molecule has 4 N–H and O–H groups in total. The fourth-order valence-corrected chi connectivity index (χ4v) is 5.98. The minimum atomic E-state index is -4.34. The lowest BCUT2D eigenvalue weighted by molar-refractivity contribution is -0.149. The Kier molecular flexibility index (Phi) is 9.52. The van der Waals surface area contributed by atoms with E-state index in [0.717, 1.165) is 24.7 Å². The van der Waals surface area contributed by atoms with Crippen molar-refractivity contribution in [2.24, 2.45) is 0 Å². The molecule has 224 valence electrons. The first-order chi connectivity index (χ1) is 19.3. The molecule has 0 amide bonds. The molecule has 0 saturated carbocycles. The van der Waals surface area contributed by atoms with Gasteiger partial charge >= 0.3 is 13.7 Å². The number of nitrogens with one attached hydrogen (secondary N) is 1. The van der Waals surface area contributed by atoms with Crippen LogP contribution in [0.1, 0.15) is 45.9 Å². The van der Waals surface area contributed by atoms with Crippen molar-refractivity contribution in [3.05, 3.63) is 42.5 Å². The van der Waals surface area contributed by atoms with E-state index < -0.39 is 56.0 Å². The van der Waals surface area contributed by atoms with E-state index in [2.05, 4.69) is 20.0 Å². The van der Waals surface area contributed by atoms with Gasteiger partial charge in [-0.15, -0.1) is 0 Å². The topological polar surface area (TPSA) is 173 Å². The van der Waals surface area contributed by atoms with Crippen molar-refractivity contribution in [1.29, 1.82) is 0 Å². The molecule has 1 saturated heterocycles. The lowest BCUT2D eigenvalue weighted by Gasteiger charge is -2.25. The third-order valence-corrected chi connectivity index (χ3v) is 8.23. The molecule has 1 aliphatic heterocycles. The average Bonchev–Trinajstić information content (AvgIpc) is 3.43. The molecule has 1 aliphatic rings. The predicted octanol–water partition coefficient (Wildman–Crippen LogP) is 3.66. The highest BCUT2D eigenvalue weighted by molar-refractivity contribution is 7.52. The largest absolute Gasteiger partial charge is 0.462 e. The maximum atomic E-state index is 15.7. The fourth-order valence-electron chi connectivity index (χ4n) is 4.18. The summed E-state index contributed by atoms with van der Waals surface area (Å²) in [6, 6.07) is 5.73. The number of aryl methyl sites for hydroxylation is 1. The van der Waals surface area contributed by atoms with Gasteiger partial charge in [0.15, 0.2) is 17.7 Å². The van der Waals surface area contributed by atoms with Gasteiger partial charge in [-0.1, -0.05) is 37.1 Å². The highest BCUT2D eigenvalue weighted by atomic mass is 35.5. The Morgan fingerprint density at radius 3 is 2.66 bits per heavy atom. The van der Waals surface area contributed by atoms with Crippen LogP contribution in [0.4, 0.5) is 10.2 Å². The highest BCUT2D eigenvalue weighted by Crippen LogP contribution is 2.49. The number of nitrogen functional groups attached to an aromatic ring is 1. The van der Waals surface area contributed by atoms with Gasteiger partial charge in [0.2, 0.25) is 0 Å². The number of esters is 1. The molecule has 6 unspecified atom stereocenters. The number of imidazole rings is 1. The number of aromatic nitrogens is 4. The Bertz CT molecular complexity index is 1410. The number of anilines is 1. The number of fused-ring (bicyclic) bond motifs is 1. The molecule has 1 fully saturated rings. The Morgan fingerprint density at radius 2 is 2.00 bits per heavy atom. The van der Waals surface area contributed by atoms with Crippen LogP contribution in [0.2, 0.25) is 0 Å². The van der Waals surface area contributed by atoms with Gasteiger partial charge in [0.05, 0.1) is 19.0 Å². The van der Waals surface area contributed by atoms with Crippen molar-refractivity contribution >= 4 is 42.3 Å². The number of aliphatic hydroxyl groups is 1. The second kappa shape index (κ2) is 12.6. The van der Waals surface area contributed by atoms with E-state index in [9.17, 15) is 14.5 Å². The van der Waals surface area contributed by atoms with Gasteiger partial charge in [0.1, 0.15) is 35.8 Å². The van der Waals surface area contributed by atoms with Gasteiger partial charge in [-0.2, -0.15) is 5.09 Å². The smallest absolute Gasteiger partial charge is 0.459 e. The lowest BCUT2D eigenvalue weighted by Crippen LogP contribution is -2.40. The summed E-state index contributed by atoms with van der Waals surface area (Å²) in [6.07, 6.45) is -1.22. The zero-order valence-corrected chi connectivity index (χ0v) is 24.6. The molecule has 0 bridgehead atoms. The Hall–Kier alpha value is -2.87. The van der Waals surface area contributed by atoms with Crippen LogP contribution in [-0.4, -0.2) is 66.7 Å². The van der Waals surface area contributed by atoms with E-state index in [1.807, 2.05) is 19.1 Å². The summed E-state index contributed by atoms with van der Waals surface area (Å²) < 4.78 is 52.9. The molecule has 0 aliphatic carbocycles. The number of alkyl halides is 2. The maximum Gasteiger partial charge on any atom is 0.459 e. The van der Waals surface area contributed by atoms with E-state index in [0.29, 0.717) is 0 Å². The van der Waals surface area contributed by atoms with Crippen LogP contribution in [0.5, 0.6) is 5.75 Å². The molecule has 4 rings (SSSR count). The molecule has 16 heteroatoms. The van der Waals surface area contributed by atoms with Crippen LogP contribution in [-0.2, 0) is 29.8 Å². The van der Waals surface area contributed by atoms with Crippen molar-refractivity contribution in [2.45, 2.75) is 76.2 Å². The quantitative estimate of drug-likeness (QED) is 0.154. The third kappa shape index (κ3) is 6.96. The average molecular weight is 615 g/mol. The van der Waals surface area contributed by atoms with Crippen LogP contribution in [0, 0.1) is 0 Å². The molecule has 13 nitrogen and oxygen atoms in total. The van der Waals surface area contributed by atoms with E-state index in [-0.39, 0.29) is 22.7 Å².